The van der Waals surface area contributed by atoms with Gasteiger partial charge in [0.25, 0.3) is 0 Å². The van der Waals surface area contributed by atoms with Crippen LogP contribution in [0.5, 0.6) is 0 Å². The molecule has 3 N–H and O–H groups in total. The van der Waals surface area contributed by atoms with Crippen LogP contribution in [0.4, 0.5) is 0 Å². The normalized spacial score (nSPS) is 12.4. The number of H-pyrrole nitrogens is 1. The highest BCUT2D eigenvalue weighted by Gasteiger charge is 2.11. The molecular weight excluding hydrogens is 218 g/mol. The van der Waals surface area contributed by atoms with E-state index in [9.17, 15) is 9.59 Å². The van der Waals surface area contributed by atoms with Crippen LogP contribution in [0.25, 0.3) is 5.69 Å². The number of rotatable bonds is 3. The van der Waals surface area contributed by atoms with Crippen LogP contribution in [-0.4, -0.2) is 21.4 Å². The Hall–Kier alpha value is -2.14. The zero-order valence-corrected chi connectivity index (χ0v) is 9.38. The first-order chi connectivity index (χ1) is 8.09. The molecule has 0 saturated heterocycles. The number of imidazole rings is 1. The Kier molecular flexibility index (Phi) is 2.93. The van der Waals surface area contributed by atoms with Crippen LogP contribution in [0.3, 0.4) is 0 Å². The van der Waals surface area contributed by atoms with Gasteiger partial charge >= 0.3 is 5.69 Å². The summed E-state index contributed by atoms with van der Waals surface area (Å²) in [5, 5.41) is 0. The van der Waals surface area contributed by atoms with E-state index in [1.54, 1.807) is 43.6 Å². The number of aromatic amines is 1. The maximum absolute atomic E-state index is 11.7. The van der Waals surface area contributed by atoms with E-state index in [0.717, 1.165) is 0 Å². The van der Waals surface area contributed by atoms with Gasteiger partial charge in [0.15, 0.2) is 5.78 Å². The summed E-state index contributed by atoms with van der Waals surface area (Å²) >= 11 is 0. The van der Waals surface area contributed by atoms with Crippen LogP contribution in [0, 0.1) is 0 Å². The highest BCUT2D eigenvalue weighted by molar-refractivity contribution is 6.00. The number of nitrogens with one attached hydrogen (secondary N) is 1. The fraction of sp³-hybridized carbons (Fsp3) is 0.167. The molecule has 17 heavy (non-hydrogen) atoms. The Bertz CT molecular complexity index is 596. The third-order valence-corrected chi connectivity index (χ3v) is 2.47. The Morgan fingerprint density at radius 2 is 2.24 bits per heavy atom. The minimum absolute atomic E-state index is 0.143. The number of nitrogens with zero attached hydrogens (tertiary/aromatic N) is 1. The van der Waals surface area contributed by atoms with E-state index in [4.69, 9.17) is 5.73 Å². The van der Waals surface area contributed by atoms with Gasteiger partial charge in [0.1, 0.15) is 0 Å². The van der Waals surface area contributed by atoms with E-state index in [2.05, 4.69) is 4.98 Å². The minimum atomic E-state index is -0.548. The molecule has 0 fully saturated rings. The van der Waals surface area contributed by atoms with Gasteiger partial charge in [-0.25, -0.2) is 4.79 Å². The first-order valence-corrected chi connectivity index (χ1v) is 5.26. The van der Waals surface area contributed by atoms with Crippen molar-refractivity contribution in [2.75, 3.05) is 0 Å². The van der Waals surface area contributed by atoms with Gasteiger partial charge < -0.3 is 10.7 Å². The molecular formula is C12H13N3O2. The largest absolute Gasteiger partial charge is 0.330 e. The standard InChI is InChI=1S/C12H13N3O2/c1-8(13)11(16)9-3-2-4-10(7-9)15-6-5-14-12(15)17/h2-8H,13H2,1H3,(H,14,17). The number of hydrogen-bond acceptors (Lipinski definition) is 3. The number of hydrogen-bond donors (Lipinski definition) is 2. The molecule has 0 aliphatic heterocycles. The van der Waals surface area contributed by atoms with Crippen molar-refractivity contribution in [1.82, 2.24) is 9.55 Å². The second kappa shape index (κ2) is 4.39. The summed E-state index contributed by atoms with van der Waals surface area (Å²) in [6, 6.07) is 6.28. The van der Waals surface area contributed by atoms with Gasteiger partial charge in [-0.15, -0.1) is 0 Å². The topological polar surface area (TPSA) is 80.9 Å². The minimum Gasteiger partial charge on any atom is -0.321 e. The predicted molar refractivity (Wildman–Crippen MR) is 64.4 cm³/mol. The molecule has 0 spiro atoms. The highest BCUT2D eigenvalue weighted by atomic mass is 16.1. The fourth-order valence-corrected chi connectivity index (χ4v) is 1.60. The zero-order chi connectivity index (χ0) is 12.4. The fourth-order valence-electron chi connectivity index (χ4n) is 1.60. The molecule has 5 heteroatoms. The average Bonchev–Trinajstić information content (AvgIpc) is 2.74. The molecule has 0 amide bonds. The summed E-state index contributed by atoms with van der Waals surface area (Å²) < 4.78 is 1.43. The van der Waals surface area contributed by atoms with E-state index in [1.165, 1.54) is 4.57 Å². The molecule has 5 nitrogen and oxygen atoms in total. The third-order valence-electron chi connectivity index (χ3n) is 2.47. The summed E-state index contributed by atoms with van der Waals surface area (Å²) in [6.07, 6.45) is 3.15. The first kappa shape index (κ1) is 11.3. The van der Waals surface area contributed by atoms with Crippen LogP contribution >= 0.6 is 0 Å². The summed E-state index contributed by atoms with van der Waals surface area (Å²) in [6.45, 7) is 1.64. The van der Waals surface area contributed by atoms with Crippen molar-refractivity contribution in [3.8, 4) is 5.69 Å². The smallest absolute Gasteiger partial charge is 0.321 e. The number of carbonyl (C=O) groups is 1. The van der Waals surface area contributed by atoms with Crippen molar-refractivity contribution in [3.63, 3.8) is 0 Å². The first-order valence-electron chi connectivity index (χ1n) is 5.26. The highest BCUT2D eigenvalue weighted by Crippen LogP contribution is 2.10. The lowest BCUT2D eigenvalue weighted by Crippen LogP contribution is -2.26. The number of Topliss-reactive ketones (excluding diaryl/α,β-unsaturated/α-hetero) is 1. The molecule has 0 bridgehead atoms. The third kappa shape index (κ3) is 2.19. The molecule has 1 unspecified atom stereocenters. The lowest BCUT2D eigenvalue weighted by molar-refractivity contribution is 0.0968. The quantitative estimate of drug-likeness (QED) is 0.763. The van der Waals surface area contributed by atoms with Gasteiger partial charge in [-0.2, -0.15) is 0 Å². The van der Waals surface area contributed by atoms with Crippen LogP contribution in [0.2, 0.25) is 0 Å². The van der Waals surface area contributed by atoms with Crippen LogP contribution in [0.15, 0.2) is 41.5 Å². The van der Waals surface area contributed by atoms with Crippen molar-refractivity contribution >= 4 is 5.78 Å². The summed E-state index contributed by atoms with van der Waals surface area (Å²) in [7, 11) is 0. The van der Waals surface area contributed by atoms with E-state index in [0.29, 0.717) is 11.3 Å². The second-order valence-electron chi connectivity index (χ2n) is 3.84. The maximum atomic E-state index is 11.7. The number of benzene rings is 1. The molecule has 1 aromatic carbocycles. The lowest BCUT2D eigenvalue weighted by Gasteiger charge is -2.06. The van der Waals surface area contributed by atoms with Crippen molar-refractivity contribution < 1.29 is 4.79 Å². The van der Waals surface area contributed by atoms with Gasteiger partial charge in [0.2, 0.25) is 0 Å². The maximum Gasteiger partial charge on any atom is 0.330 e. The summed E-state index contributed by atoms with van der Waals surface area (Å²) in [5.41, 5.74) is 6.45. The van der Waals surface area contributed by atoms with Crippen LogP contribution < -0.4 is 11.4 Å². The van der Waals surface area contributed by atoms with Gasteiger partial charge in [-0.1, -0.05) is 12.1 Å². The Morgan fingerprint density at radius 1 is 1.47 bits per heavy atom. The zero-order valence-electron chi connectivity index (χ0n) is 9.38. The summed E-state index contributed by atoms with van der Waals surface area (Å²) in [4.78, 5) is 25.7. The molecule has 2 rings (SSSR count). The molecule has 2 aromatic rings. The lowest BCUT2D eigenvalue weighted by atomic mass is 10.1. The van der Waals surface area contributed by atoms with Crippen molar-refractivity contribution in [3.05, 3.63) is 52.7 Å². The SMILES string of the molecule is CC(N)C(=O)c1cccc(-n2cc[nH]c2=O)c1. The second-order valence-corrected chi connectivity index (χ2v) is 3.84. The number of nitrogens with two attached hydrogens (primary N) is 1. The molecule has 1 atom stereocenters. The van der Waals surface area contributed by atoms with Gasteiger partial charge in [0.05, 0.1) is 11.7 Å². The Morgan fingerprint density at radius 3 is 2.82 bits per heavy atom. The number of carbonyl (C=O) groups excluding carboxylic acids is 1. The molecule has 0 radical (unpaired) electrons. The summed E-state index contributed by atoms with van der Waals surface area (Å²) in [5.74, 6) is -0.143. The number of ketones is 1. The molecule has 0 saturated carbocycles. The van der Waals surface area contributed by atoms with Gasteiger partial charge in [-0.3, -0.25) is 9.36 Å². The van der Waals surface area contributed by atoms with Crippen molar-refractivity contribution in [1.29, 1.82) is 0 Å². The average molecular weight is 231 g/mol. The predicted octanol–water partition coefficient (Wildman–Crippen LogP) is 0.696. The monoisotopic (exact) mass is 231 g/mol. The van der Waals surface area contributed by atoms with E-state index < -0.39 is 6.04 Å². The molecule has 0 aliphatic carbocycles. The van der Waals surface area contributed by atoms with Crippen molar-refractivity contribution in [2.45, 2.75) is 13.0 Å². The van der Waals surface area contributed by atoms with E-state index in [1.807, 2.05) is 0 Å². The molecule has 1 heterocycles. The Balaban J connectivity index is 2.46. The van der Waals surface area contributed by atoms with E-state index >= 15 is 0 Å². The number of aromatic nitrogens is 2. The van der Waals surface area contributed by atoms with Crippen molar-refractivity contribution in [2.24, 2.45) is 5.73 Å². The van der Waals surface area contributed by atoms with Crippen LogP contribution in [-0.2, 0) is 0 Å². The molecule has 1 aromatic heterocycles. The Labute approximate surface area is 97.9 Å². The van der Waals surface area contributed by atoms with Crippen LogP contribution in [0.1, 0.15) is 17.3 Å². The molecule has 88 valence electrons. The van der Waals surface area contributed by atoms with Gasteiger partial charge in [0, 0.05) is 18.0 Å². The van der Waals surface area contributed by atoms with E-state index in [-0.39, 0.29) is 11.5 Å². The van der Waals surface area contributed by atoms with Gasteiger partial charge in [-0.05, 0) is 19.1 Å². The molecule has 0 aliphatic rings.